The van der Waals surface area contributed by atoms with Gasteiger partial charge in [-0.3, -0.25) is 5.32 Å². The number of methoxy groups -OCH3 is 1. The third-order valence-electron chi connectivity index (χ3n) is 1.28. The molecule has 0 unspecified atom stereocenters. The van der Waals surface area contributed by atoms with Gasteiger partial charge < -0.3 is 9.72 Å². The zero-order valence-electron chi connectivity index (χ0n) is 7.07. The molecule has 14 heavy (non-hydrogen) atoms. The minimum Gasteiger partial charge on any atom is -0.453 e. The van der Waals surface area contributed by atoms with E-state index in [-0.39, 0.29) is 5.95 Å². The Hall–Kier alpha value is -0.730. The van der Waals surface area contributed by atoms with Crippen LogP contribution in [-0.4, -0.2) is 23.2 Å². The van der Waals surface area contributed by atoms with Gasteiger partial charge in [0.15, 0.2) is 0 Å². The molecule has 0 saturated carbocycles. The monoisotopic (exact) mass is 249 g/mol. The second-order valence-corrected chi connectivity index (χ2v) is 3.48. The van der Waals surface area contributed by atoms with E-state index in [1.165, 1.54) is 7.11 Å². The summed E-state index contributed by atoms with van der Waals surface area (Å²) in [6.45, 7) is 0. The maximum Gasteiger partial charge on any atom is 0.413 e. The predicted octanol–water partition coefficient (Wildman–Crippen LogP) is 1.89. The van der Waals surface area contributed by atoms with E-state index in [0.29, 0.717) is 14.6 Å². The number of carbonyl (C=O) groups excluding carboxylic acids is 1. The molecule has 0 fully saturated rings. The summed E-state index contributed by atoms with van der Waals surface area (Å²) in [7, 11) is 1.25. The van der Waals surface area contributed by atoms with E-state index < -0.39 is 6.09 Å². The van der Waals surface area contributed by atoms with Gasteiger partial charge in [-0.1, -0.05) is 12.2 Å². The van der Waals surface area contributed by atoms with Crippen molar-refractivity contribution in [1.82, 2.24) is 9.97 Å². The van der Waals surface area contributed by atoms with Crippen molar-refractivity contribution in [2.24, 2.45) is 0 Å². The second-order valence-electron chi connectivity index (χ2n) is 2.20. The SMILES string of the molecule is COC(=O)Nc1nc(S)c(S)c(=S)[nH]1. The first-order valence-electron chi connectivity index (χ1n) is 3.42. The van der Waals surface area contributed by atoms with E-state index in [4.69, 9.17) is 12.2 Å². The third kappa shape index (κ3) is 2.63. The number of hydrogen-bond donors (Lipinski definition) is 4. The first-order valence-corrected chi connectivity index (χ1v) is 4.72. The molecule has 5 nitrogen and oxygen atoms in total. The number of aromatic amines is 1. The van der Waals surface area contributed by atoms with Crippen LogP contribution in [0.1, 0.15) is 0 Å². The Kier molecular flexibility index (Phi) is 3.78. The fraction of sp³-hybridized carbons (Fsp3) is 0.167. The van der Waals surface area contributed by atoms with Gasteiger partial charge in [-0.2, -0.15) is 0 Å². The highest BCUT2D eigenvalue weighted by Gasteiger charge is 2.05. The van der Waals surface area contributed by atoms with Crippen LogP contribution in [0.4, 0.5) is 10.7 Å². The molecule has 0 aliphatic rings. The van der Waals surface area contributed by atoms with Gasteiger partial charge in [0.05, 0.1) is 12.0 Å². The zero-order chi connectivity index (χ0) is 10.7. The van der Waals surface area contributed by atoms with Crippen molar-refractivity contribution in [3.05, 3.63) is 4.64 Å². The molecule has 0 saturated heterocycles. The highest BCUT2D eigenvalue weighted by molar-refractivity contribution is 7.83. The molecule has 1 amide bonds. The van der Waals surface area contributed by atoms with Crippen LogP contribution in [0.3, 0.4) is 0 Å². The first-order chi connectivity index (χ1) is 6.54. The summed E-state index contributed by atoms with van der Waals surface area (Å²) in [6.07, 6.45) is -0.636. The van der Waals surface area contributed by atoms with Crippen molar-refractivity contribution in [3.8, 4) is 0 Å². The van der Waals surface area contributed by atoms with Crippen LogP contribution < -0.4 is 5.32 Å². The van der Waals surface area contributed by atoms with Gasteiger partial charge in [0.25, 0.3) is 0 Å². The Labute approximate surface area is 96.1 Å². The van der Waals surface area contributed by atoms with Crippen LogP contribution in [0.25, 0.3) is 0 Å². The largest absolute Gasteiger partial charge is 0.453 e. The number of thiol groups is 2. The number of hydrogen-bond acceptors (Lipinski definition) is 6. The normalized spacial score (nSPS) is 9.64. The van der Waals surface area contributed by atoms with Gasteiger partial charge in [-0.15, -0.1) is 25.3 Å². The van der Waals surface area contributed by atoms with Crippen molar-refractivity contribution in [2.45, 2.75) is 9.92 Å². The van der Waals surface area contributed by atoms with Crippen molar-refractivity contribution in [1.29, 1.82) is 0 Å². The number of aromatic nitrogens is 2. The van der Waals surface area contributed by atoms with Crippen molar-refractivity contribution < 1.29 is 9.53 Å². The summed E-state index contributed by atoms with van der Waals surface area (Å²) < 4.78 is 4.72. The minimum absolute atomic E-state index is 0.171. The number of ether oxygens (including phenoxy) is 1. The predicted molar refractivity (Wildman–Crippen MR) is 60.0 cm³/mol. The molecule has 0 aliphatic heterocycles. The molecule has 0 bridgehead atoms. The summed E-state index contributed by atoms with van der Waals surface area (Å²) in [4.78, 5) is 17.8. The van der Waals surface area contributed by atoms with E-state index in [1.807, 2.05) is 0 Å². The number of anilines is 1. The summed E-state index contributed by atoms with van der Waals surface area (Å²) >= 11 is 13.0. The van der Waals surface area contributed by atoms with Crippen LogP contribution >= 0.6 is 37.5 Å². The number of carbonyl (C=O) groups is 1. The third-order valence-corrected chi connectivity index (χ3v) is 2.68. The van der Waals surface area contributed by atoms with Crippen LogP contribution in [-0.2, 0) is 4.74 Å². The maximum absolute atomic E-state index is 10.8. The minimum atomic E-state index is -0.636. The molecule has 1 heterocycles. The standard InChI is InChI=1S/C6H7N3O2S3/c1-11-6(10)9-5-7-3(13)2(12)4(14)8-5/h12H,1H3,(H3,7,8,9,10,13,14). The van der Waals surface area contributed by atoms with E-state index in [0.717, 1.165) is 0 Å². The van der Waals surface area contributed by atoms with Crippen LogP contribution in [0.2, 0.25) is 0 Å². The van der Waals surface area contributed by atoms with Gasteiger partial charge in [-0.25, -0.2) is 9.78 Å². The average molecular weight is 249 g/mol. The van der Waals surface area contributed by atoms with E-state index in [1.54, 1.807) is 0 Å². The topological polar surface area (TPSA) is 67.0 Å². The Bertz CT molecular complexity index is 417. The smallest absolute Gasteiger partial charge is 0.413 e. The molecule has 8 heteroatoms. The van der Waals surface area contributed by atoms with Gasteiger partial charge in [0, 0.05) is 0 Å². The molecule has 0 spiro atoms. The zero-order valence-corrected chi connectivity index (χ0v) is 9.67. The van der Waals surface area contributed by atoms with E-state index in [9.17, 15) is 4.79 Å². The van der Waals surface area contributed by atoms with Crippen LogP contribution in [0.15, 0.2) is 9.92 Å². The van der Waals surface area contributed by atoms with Crippen LogP contribution in [0.5, 0.6) is 0 Å². The molecular weight excluding hydrogens is 242 g/mol. The van der Waals surface area contributed by atoms with E-state index in [2.05, 4.69) is 45.3 Å². The lowest BCUT2D eigenvalue weighted by molar-refractivity contribution is 0.186. The van der Waals surface area contributed by atoms with Gasteiger partial charge in [-0.05, 0) is 0 Å². The molecule has 0 radical (unpaired) electrons. The Morgan fingerprint density at radius 1 is 1.64 bits per heavy atom. The fourth-order valence-corrected chi connectivity index (χ4v) is 1.25. The molecule has 1 aromatic heterocycles. The van der Waals surface area contributed by atoms with Crippen molar-refractivity contribution in [2.75, 3.05) is 12.4 Å². The molecular formula is C6H7N3O2S3. The fourth-order valence-electron chi connectivity index (χ4n) is 0.662. The molecule has 0 aromatic carbocycles. The number of amides is 1. The summed E-state index contributed by atoms with van der Waals surface area (Å²) in [5, 5.41) is 2.66. The lowest BCUT2D eigenvalue weighted by Crippen LogP contribution is -2.13. The molecule has 2 N–H and O–H groups in total. The van der Waals surface area contributed by atoms with E-state index >= 15 is 0 Å². The molecule has 1 aromatic rings. The molecule has 1 rings (SSSR count). The number of rotatable bonds is 1. The van der Waals surface area contributed by atoms with Crippen molar-refractivity contribution >= 4 is 49.5 Å². The lowest BCUT2D eigenvalue weighted by Gasteiger charge is -2.04. The molecule has 0 atom stereocenters. The molecule has 0 aliphatic carbocycles. The lowest BCUT2D eigenvalue weighted by atomic mass is 10.6. The average Bonchev–Trinajstić information content (AvgIpc) is 2.14. The van der Waals surface area contributed by atoms with Crippen molar-refractivity contribution in [3.63, 3.8) is 0 Å². The Morgan fingerprint density at radius 3 is 2.79 bits per heavy atom. The van der Waals surface area contributed by atoms with Gasteiger partial charge >= 0.3 is 6.09 Å². The van der Waals surface area contributed by atoms with Crippen LogP contribution in [0, 0.1) is 4.64 Å². The molecule has 76 valence electrons. The summed E-state index contributed by atoms with van der Waals surface area (Å²) in [5.41, 5.74) is 0. The Morgan fingerprint density at radius 2 is 2.29 bits per heavy atom. The first kappa shape index (κ1) is 11.3. The highest BCUT2D eigenvalue weighted by Crippen LogP contribution is 2.17. The Balaban J connectivity index is 3.01. The quantitative estimate of drug-likeness (QED) is 0.349. The summed E-state index contributed by atoms with van der Waals surface area (Å²) in [6, 6.07) is 0. The highest BCUT2D eigenvalue weighted by atomic mass is 32.1. The number of nitrogens with zero attached hydrogens (tertiary/aromatic N) is 1. The maximum atomic E-state index is 10.8. The number of nitrogens with one attached hydrogen (secondary N) is 2. The second kappa shape index (κ2) is 4.67. The summed E-state index contributed by atoms with van der Waals surface area (Å²) in [5.74, 6) is 0.171. The van der Waals surface area contributed by atoms with Gasteiger partial charge in [0.1, 0.15) is 9.67 Å². The van der Waals surface area contributed by atoms with Gasteiger partial charge in [0.2, 0.25) is 5.95 Å². The number of H-pyrrole nitrogens is 1.